The number of hydrogen-bond donors (Lipinski definition) is 1. The molecule has 0 spiro atoms. The first-order valence-electron chi connectivity index (χ1n) is 5.89. The van der Waals surface area contributed by atoms with Gasteiger partial charge in [0.1, 0.15) is 5.75 Å². The lowest BCUT2D eigenvalue weighted by atomic mass is 9.98. The molecule has 3 nitrogen and oxygen atoms in total. The zero-order chi connectivity index (χ0) is 11.5. The van der Waals surface area contributed by atoms with E-state index in [4.69, 9.17) is 10.5 Å². The van der Waals surface area contributed by atoms with E-state index in [2.05, 4.69) is 17.9 Å². The molecule has 0 bridgehead atoms. The van der Waals surface area contributed by atoms with Gasteiger partial charge in [0.05, 0.1) is 18.5 Å². The summed E-state index contributed by atoms with van der Waals surface area (Å²) in [4.78, 5) is 2.37. The molecule has 2 N–H and O–H groups in total. The van der Waals surface area contributed by atoms with E-state index in [0.717, 1.165) is 36.1 Å². The number of nitrogen functional groups attached to an aromatic ring is 1. The summed E-state index contributed by atoms with van der Waals surface area (Å²) < 4.78 is 5.16. The lowest BCUT2D eigenvalue weighted by Crippen LogP contribution is -2.33. The average Bonchev–Trinajstić information content (AvgIpc) is 2.30. The van der Waals surface area contributed by atoms with Crippen LogP contribution >= 0.6 is 0 Å². The summed E-state index contributed by atoms with van der Waals surface area (Å²) in [6, 6.07) is 5.93. The molecule has 0 aromatic heterocycles. The van der Waals surface area contributed by atoms with E-state index in [0.29, 0.717) is 0 Å². The Kier molecular flexibility index (Phi) is 3.22. The summed E-state index contributed by atoms with van der Waals surface area (Å²) in [6.07, 6.45) is 2.51. The molecular weight excluding hydrogens is 200 g/mol. The number of rotatable bonds is 2. The topological polar surface area (TPSA) is 38.5 Å². The summed E-state index contributed by atoms with van der Waals surface area (Å²) in [5.74, 6) is 1.67. The highest BCUT2D eigenvalue weighted by molar-refractivity contribution is 5.69. The van der Waals surface area contributed by atoms with Crippen LogP contribution in [0, 0.1) is 5.92 Å². The van der Waals surface area contributed by atoms with Gasteiger partial charge in [-0.15, -0.1) is 0 Å². The molecule has 1 aromatic carbocycles. The number of nitrogens with zero attached hydrogens (tertiary/aromatic N) is 1. The second-order valence-electron chi connectivity index (χ2n) is 4.59. The van der Waals surface area contributed by atoms with Crippen LogP contribution in [-0.4, -0.2) is 20.2 Å². The molecule has 88 valence electrons. The minimum atomic E-state index is 0.814. The van der Waals surface area contributed by atoms with Crippen molar-refractivity contribution in [1.82, 2.24) is 0 Å². The number of anilines is 2. The molecule has 0 atom stereocenters. The Hall–Kier alpha value is -1.38. The second kappa shape index (κ2) is 4.64. The van der Waals surface area contributed by atoms with Crippen molar-refractivity contribution in [2.75, 3.05) is 30.8 Å². The highest BCUT2D eigenvalue weighted by atomic mass is 16.5. The van der Waals surface area contributed by atoms with Crippen molar-refractivity contribution in [3.63, 3.8) is 0 Å². The van der Waals surface area contributed by atoms with Crippen LogP contribution < -0.4 is 15.4 Å². The van der Waals surface area contributed by atoms with Crippen LogP contribution in [0.15, 0.2) is 18.2 Å². The predicted octanol–water partition coefficient (Wildman–Crippen LogP) is 2.51. The molecule has 1 heterocycles. The van der Waals surface area contributed by atoms with E-state index < -0.39 is 0 Å². The van der Waals surface area contributed by atoms with Crippen LogP contribution in [0.4, 0.5) is 11.4 Å². The summed E-state index contributed by atoms with van der Waals surface area (Å²) in [5.41, 5.74) is 8.00. The fourth-order valence-electron chi connectivity index (χ4n) is 2.20. The third-order valence-electron chi connectivity index (χ3n) is 3.36. The smallest absolute Gasteiger partial charge is 0.121 e. The van der Waals surface area contributed by atoms with E-state index in [1.54, 1.807) is 7.11 Å². The SMILES string of the molecule is COc1ccc(N2CCC(C)CC2)c(N)c1. The Balaban J connectivity index is 2.14. The van der Waals surface area contributed by atoms with Gasteiger partial charge in [-0.25, -0.2) is 0 Å². The molecule has 1 aliphatic rings. The Morgan fingerprint density at radius 3 is 2.56 bits per heavy atom. The van der Waals surface area contributed by atoms with Gasteiger partial charge < -0.3 is 15.4 Å². The van der Waals surface area contributed by atoms with Crippen molar-refractivity contribution in [3.05, 3.63) is 18.2 Å². The monoisotopic (exact) mass is 220 g/mol. The van der Waals surface area contributed by atoms with Crippen LogP contribution in [0.2, 0.25) is 0 Å². The predicted molar refractivity (Wildman–Crippen MR) is 68.0 cm³/mol. The molecule has 1 aromatic rings. The molecule has 1 fully saturated rings. The molecule has 0 amide bonds. The van der Waals surface area contributed by atoms with Crippen molar-refractivity contribution in [2.45, 2.75) is 19.8 Å². The third-order valence-corrected chi connectivity index (χ3v) is 3.36. The lowest BCUT2D eigenvalue weighted by molar-refractivity contribution is 0.414. The van der Waals surface area contributed by atoms with Crippen LogP contribution in [0.1, 0.15) is 19.8 Å². The zero-order valence-electron chi connectivity index (χ0n) is 10.1. The maximum atomic E-state index is 6.04. The quantitative estimate of drug-likeness (QED) is 0.778. The fourth-order valence-corrected chi connectivity index (χ4v) is 2.20. The Bertz CT molecular complexity index is 357. The molecular formula is C13H20N2O. The molecule has 16 heavy (non-hydrogen) atoms. The van der Waals surface area contributed by atoms with Gasteiger partial charge in [-0.3, -0.25) is 0 Å². The molecule has 3 heteroatoms. The minimum absolute atomic E-state index is 0.814. The summed E-state index contributed by atoms with van der Waals surface area (Å²) in [6.45, 7) is 4.53. The molecule has 0 unspecified atom stereocenters. The van der Waals surface area contributed by atoms with Gasteiger partial charge >= 0.3 is 0 Å². The van der Waals surface area contributed by atoms with Gasteiger partial charge in [-0.2, -0.15) is 0 Å². The maximum absolute atomic E-state index is 6.04. The highest BCUT2D eigenvalue weighted by Gasteiger charge is 2.17. The number of methoxy groups -OCH3 is 1. The van der Waals surface area contributed by atoms with Gasteiger partial charge in [0.2, 0.25) is 0 Å². The van der Waals surface area contributed by atoms with E-state index in [1.165, 1.54) is 12.8 Å². The maximum Gasteiger partial charge on any atom is 0.121 e. The van der Waals surface area contributed by atoms with E-state index in [1.807, 2.05) is 12.1 Å². The number of piperidine rings is 1. The van der Waals surface area contributed by atoms with Gasteiger partial charge in [0, 0.05) is 19.2 Å². The van der Waals surface area contributed by atoms with Crippen molar-refractivity contribution in [1.29, 1.82) is 0 Å². The Morgan fingerprint density at radius 1 is 1.31 bits per heavy atom. The molecule has 1 saturated heterocycles. The van der Waals surface area contributed by atoms with Crippen molar-refractivity contribution >= 4 is 11.4 Å². The Labute approximate surface area is 97.2 Å². The fraction of sp³-hybridized carbons (Fsp3) is 0.538. The third kappa shape index (κ3) is 2.23. The van der Waals surface area contributed by atoms with Crippen molar-refractivity contribution in [2.24, 2.45) is 5.92 Å². The molecule has 2 rings (SSSR count). The van der Waals surface area contributed by atoms with E-state index in [9.17, 15) is 0 Å². The van der Waals surface area contributed by atoms with Crippen molar-refractivity contribution in [3.8, 4) is 5.75 Å². The summed E-state index contributed by atoms with van der Waals surface area (Å²) in [7, 11) is 1.66. The average molecular weight is 220 g/mol. The summed E-state index contributed by atoms with van der Waals surface area (Å²) in [5, 5.41) is 0. The highest BCUT2D eigenvalue weighted by Crippen LogP contribution is 2.30. The summed E-state index contributed by atoms with van der Waals surface area (Å²) >= 11 is 0. The van der Waals surface area contributed by atoms with Crippen LogP contribution in [0.5, 0.6) is 5.75 Å². The first-order valence-corrected chi connectivity index (χ1v) is 5.89. The number of nitrogens with two attached hydrogens (primary N) is 1. The number of hydrogen-bond acceptors (Lipinski definition) is 3. The molecule has 0 aliphatic carbocycles. The first kappa shape index (κ1) is 11.1. The van der Waals surface area contributed by atoms with E-state index >= 15 is 0 Å². The normalized spacial score (nSPS) is 17.5. The molecule has 1 aliphatic heterocycles. The largest absolute Gasteiger partial charge is 0.497 e. The minimum Gasteiger partial charge on any atom is -0.497 e. The molecule has 0 radical (unpaired) electrons. The van der Waals surface area contributed by atoms with Crippen LogP contribution in [-0.2, 0) is 0 Å². The van der Waals surface area contributed by atoms with Gasteiger partial charge in [0.25, 0.3) is 0 Å². The Morgan fingerprint density at radius 2 is 2.00 bits per heavy atom. The van der Waals surface area contributed by atoms with E-state index in [-0.39, 0.29) is 0 Å². The van der Waals surface area contributed by atoms with Crippen LogP contribution in [0.3, 0.4) is 0 Å². The standard InChI is InChI=1S/C13H20N2O/c1-10-5-7-15(8-6-10)13-4-3-11(16-2)9-12(13)14/h3-4,9-10H,5-8,14H2,1-2H3. The van der Waals surface area contributed by atoms with Gasteiger partial charge in [0.15, 0.2) is 0 Å². The van der Waals surface area contributed by atoms with Crippen LogP contribution in [0.25, 0.3) is 0 Å². The number of ether oxygens (including phenoxy) is 1. The molecule has 0 saturated carbocycles. The lowest BCUT2D eigenvalue weighted by Gasteiger charge is -2.33. The van der Waals surface area contributed by atoms with Crippen molar-refractivity contribution < 1.29 is 4.74 Å². The van der Waals surface area contributed by atoms with Gasteiger partial charge in [-0.05, 0) is 30.9 Å². The second-order valence-corrected chi connectivity index (χ2v) is 4.59. The zero-order valence-corrected chi connectivity index (χ0v) is 10.1. The number of benzene rings is 1. The first-order chi connectivity index (χ1) is 7.70. The van der Waals surface area contributed by atoms with Gasteiger partial charge in [-0.1, -0.05) is 6.92 Å².